The smallest absolute Gasteiger partial charge is 0.328 e. The summed E-state index contributed by atoms with van der Waals surface area (Å²) in [6.07, 6.45) is 0. The molecule has 0 aliphatic rings. The molecule has 0 amide bonds. The predicted octanol–water partition coefficient (Wildman–Crippen LogP) is 3.15. The van der Waals surface area contributed by atoms with Crippen molar-refractivity contribution in [2.45, 2.75) is 13.8 Å². The topological polar surface area (TPSA) is 69.2 Å². The Hall–Kier alpha value is -2.08. The average Bonchev–Trinajstić information content (AvgIpc) is 2.41. The van der Waals surface area contributed by atoms with E-state index in [1.807, 2.05) is 26.0 Å². The molecule has 1 aromatic carbocycles. The highest BCUT2D eigenvalue weighted by Crippen LogP contribution is 2.22. The molecule has 0 aliphatic carbocycles. The van der Waals surface area contributed by atoms with Crippen LogP contribution in [0.1, 0.15) is 13.8 Å². The molecular formula is C13H15ClN4O2. The van der Waals surface area contributed by atoms with Crippen LogP contribution in [0.3, 0.4) is 0 Å². The van der Waals surface area contributed by atoms with Crippen LogP contribution in [0.5, 0.6) is 17.5 Å². The van der Waals surface area contributed by atoms with E-state index in [2.05, 4.69) is 20.3 Å². The van der Waals surface area contributed by atoms with Crippen LogP contribution >= 0.6 is 11.6 Å². The second-order valence-electron chi connectivity index (χ2n) is 3.75. The molecule has 20 heavy (non-hydrogen) atoms. The van der Waals surface area contributed by atoms with Crippen LogP contribution in [0, 0.1) is 0 Å². The Kier molecular flexibility index (Phi) is 4.95. The van der Waals surface area contributed by atoms with Crippen LogP contribution in [0.25, 0.3) is 0 Å². The molecular weight excluding hydrogens is 280 g/mol. The maximum atomic E-state index is 5.82. The Bertz CT molecular complexity index is 563. The first-order valence-corrected chi connectivity index (χ1v) is 6.65. The van der Waals surface area contributed by atoms with Gasteiger partial charge in [0, 0.05) is 6.54 Å². The van der Waals surface area contributed by atoms with Gasteiger partial charge in [-0.05, 0) is 49.7 Å². The molecule has 1 heterocycles. The van der Waals surface area contributed by atoms with Gasteiger partial charge in [0.1, 0.15) is 11.5 Å². The van der Waals surface area contributed by atoms with E-state index in [-0.39, 0.29) is 11.3 Å². The van der Waals surface area contributed by atoms with E-state index in [1.165, 1.54) is 0 Å². The lowest BCUT2D eigenvalue weighted by atomic mass is 10.3. The average molecular weight is 295 g/mol. The van der Waals surface area contributed by atoms with Crippen molar-refractivity contribution in [1.29, 1.82) is 0 Å². The summed E-state index contributed by atoms with van der Waals surface area (Å²) in [6, 6.07) is 7.32. The van der Waals surface area contributed by atoms with Crippen LogP contribution in [-0.2, 0) is 0 Å². The van der Waals surface area contributed by atoms with E-state index in [0.717, 1.165) is 5.75 Å². The van der Waals surface area contributed by atoms with Crippen LogP contribution in [0.4, 0.5) is 5.95 Å². The van der Waals surface area contributed by atoms with Crippen LogP contribution in [0.15, 0.2) is 24.3 Å². The molecule has 0 bridgehead atoms. The van der Waals surface area contributed by atoms with E-state index >= 15 is 0 Å². The number of ether oxygens (including phenoxy) is 2. The molecule has 0 atom stereocenters. The molecule has 0 saturated carbocycles. The fourth-order valence-electron chi connectivity index (χ4n) is 1.49. The molecule has 0 spiro atoms. The van der Waals surface area contributed by atoms with Crippen LogP contribution in [0.2, 0.25) is 5.28 Å². The molecule has 106 valence electrons. The van der Waals surface area contributed by atoms with E-state index in [0.29, 0.717) is 24.8 Å². The van der Waals surface area contributed by atoms with E-state index in [9.17, 15) is 0 Å². The zero-order valence-electron chi connectivity index (χ0n) is 11.3. The molecule has 1 N–H and O–H groups in total. The quantitative estimate of drug-likeness (QED) is 0.882. The fourth-order valence-corrected chi connectivity index (χ4v) is 1.64. The number of nitrogens with one attached hydrogen (secondary N) is 1. The molecule has 0 saturated heterocycles. The molecule has 0 unspecified atom stereocenters. The summed E-state index contributed by atoms with van der Waals surface area (Å²) in [5, 5.41) is 3.03. The summed E-state index contributed by atoms with van der Waals surface area (Å²) >= 11 is 5.82. The van der Waals surface area contributed by atoms with Gasteiger partial charge in [0.05, 0.1) is 6.61 Å². The van der Waals surface area contributed by atoms with Gasteiger partial charge in [-0.1, -0.05) is 0 Å². The lowest BCUT2D eigenvalue weighted by molar-refractivity contribution is 0.339. The SMILES string of the molecule is CCNc1nc(Cl)nc(Oc2ccc(OCC)cc2)n1. The predicted molar refractivity (Wildman–Crippen MR) is 76.7 cm³/mol. The Balaban J connectivity index is 2.12. The van der Waals surface area contributed by atoms with Crippen molar-refractivity contribution < 1.29 is 9.47 Å². The minimum absolute atomic E-state index is 0.0805. The third kappa shape index (κ3) is 3.96. The molecule has 6 nitrogen and oxygen atoms in total. The highest BCUT2D eigenvalue weighted by Gasteiger charge is 2.06. The molecule has 2 aromatic rings. The van der Waals surface area contributed by atoms with Gasteiger partial charge in [0.15, 0.2) is 0 Å². The normalized spacial score (nSPS) is 10.2. The second-order valence-corrected chi connectivity index (χ2v) is 4.09. The zero-order valence-corrected chi connectivity index (χ0v) is 12.0. The highest BCUT2D eigenvalue weighted by molar-refractivity contribution is 6.28. The minimum Gasteiger partial charge on any atom is -0.494 e. The molecule has 7 heteroatoms. The van der Waals surface area contributed by atoms with Gasteiger partial charge < -0.3 is 14.8 Å². The first kappa shape index (κ1) is 14.3. The second kappa shape index (κ2) is 6.91. The summed E-state index contributed by atoms with van der Waals surface area (Å²) in [5.41, 5.74) is 0. The number of nitrogens with zero attached hydrogens (tertiary/aromatic N) is 3. The number of halogens is 1. The van der Waals surface area contributed by atoms with E-state index in [1.54, 1.807) is 12.1 Å². The Labute approximate surface area is 122 Å². The van der Waals surface area contributed by atoms with Gasteiger partial charge >= 0.3 is 6.01 Å². The first-order valence-electron chi connectivity index (χ1n) is 6.27. The van der Waals surface area contributed by atoms with Gasteiger partial charge in [-0.2, -0.15) is 15.0 Å². The Morgan fingerprint density at radius 1 is 1.05 bits per heavy atom. The number of aromatic nitrogens is 3. The van der Waals surface area contributed by atoms with E-state index in [4.69, 9.17) is 21.1 Å². The monoisotopic (exact) mass is 294 g/mol. The van der Waals surface area contributed by atoms with Crippen LogP contribution < -0.4 is 14.8 Å². The first-order chi connectivity index (χ1) is 9.71. The van der Waals surface area contributed by atoms with Gasteiger partial charge in [-0.3, -0.25) is 0 Å². The lowest BCUT2D eigenvalue weighted by Crippen LogP contribution is -2.04. The van der Waals surface area contributed by atoms with Crippen LogP contribution in [-0.4, -0.2) is 28.1 Å². The third-order valence-corrected chi connectivity index (χ3v) is 2.44. The number of anilines is 1. The molecule has 0 radical (unpaired) electrons. The van der Waals surface area contributed by atoms with E-state index < -0.39 is 0 Å². The van der Waals surface area contributed by atoms with Gasteiger partial charge in [0.25, 0.3) is 0 Å². The molecule has 0 aliphatic heterocycles. The highest BCUT2D eigenvalue weighted by atomic mass is 35.5. The minimum atomic E-state index is 0.0805. The number of benzene rings is 1. The van der Waals surface area contributed by atoms with Crippen molar-refractivity contribution in [3.63, 3.8) is 0 Å². The molecule has 2 rings (SSSR count). The largest absolute Gasteiger partial charge is 0.494 e. The van der Waals surface area contributed by atoms with Gasteiger partial charge in [0.2, 0.25) is 11.2 Å². The van der Waals surface area contributed by atoms with Crippen molar-refractivity contribution in [3.8, 4) is 17.5 Å². The van der Waals surface area contributed by atoms with Crippen molar-refractivity contribution in [2.24, 2.45) is 0 Å². The van der Waals surface area contributed by atoms with Gasteiger partial charge in [-0.15, -0.1) is 0 Å². The lowest BCUT2D eigenvalue weighted by Gasteiger charge is -2.07. The van der Waals surface area contributed by atoms with Crippen molar-refractivity contribution in [1.82, 2.24) is 15.0 Å². The Morgan fingerprint density at radius 2 is 1.75 bits per heavy atom. The van der Waals surface area contributed by atoms with Gasteiger partial charge in [-0.25, -0.2) is 0 Å². The zero-order chi connectivity index (χ0) is 14.4. The molecule has 0 fully saturated rings. The maximum absolute atomic E-state index is 5.82. The Morgan fingerprint density at radius 3 is 2.40 bits per heavy atom. The standard InChI is InChI=1S/C13H15ClN4O2/c1-3-15-12-16-11(14)17-13(18-12)20-10-7-5-9(6-8-10)19-4-2/h5-8H,3-4H2,1-2H3,(H,15,16,17,18). The number of hydrogen-bond donors (Lipinski definition) is 1. The summed E-state index contributed by atoms with van der Waals surface area (Å²) in [6.45, 7) is 5.17. The summed E-state index contributed by atoms with van der Waals surface area (Å²) in [5.74, 6) is 1.76. The summed E-state index contributed by atoms with van der Waals surface area (Å²) in [4.78, 5) is 12.0. The fraction of sp³-hybridized carbons (Fsp3) is 0.308. The van der Waals surface area contributed by atoms with Crippen molar-refractivity contribution >= 4 is 17.5 Å². The van der Waals surface area contributed by atoms with Crippen molar-refractivity contribution in [3.05, 3.63) is 29.5 Å². The number of hydrogen-bond acceptors (Lipinski definition) is 6. The number of rotatable bonds is 6. The van der Waals surface area contributed by atoms with Crippen molar-refractivity contribution in [2.75, 3.05) is 18.5 Å². The summed E-state index contributed by atoms with van der Waals surface area (Å²) in [7, 11) is 0. The summed E-state index contributed by atoms with van der Waals surface area (Å²) < 4.78 is 10.9. The third-order valence-electron chi connectivity index (χ3n) is 2.27. The maximum Gasteiger partial charge on any atom is 0.328 e. The molecule has 1 aromatic heterocycles.